The highest BCUT2D eigenvalue weighted by molar-refractivity contribution is 5.33. The number of nitrogen functional groups attached to an aromatic ring is 1. The molecular formula is C11H16N2O. The Morgan fingerprint density at radius 2 is 2.29 bits per heavy atom. The average molecular weight is 192 g/mol. The second-order valence-corrected chi connectivity index (χ2v) is 4.09. The van der Waals surface area contributed by atoms with Crippen molar-refractivity contribution in [2.75, 3.05) is 5.73 Å². The summed E-state index contributed by atoms with van der Waals surface area (Å²) in [5.41, 5.74) is 5.80. The lowest BCUT2D eigenvalue weighted by Crippen LogP contribution is -2.10. The zero-order chi connectivity index (χ0) is 9.97. The molecule has 1 aromatic heterocycles. The van der Waals surface area contributed by atoms with Gasteiger partial charge in [0, 0.05) is 25.0 Å². The summed E-state index contributed by atoms with van der Waals surface area (Å²) in [5, 5.41) is 0. The molecule has 0 spiro atoms. The number of pyridine rings is 1. The van der Waals surface area contributed by atoms with Crippen LogP contribution in [0.15, 0.2) is 23.3 Å². The Bertz CT molecular complexity index is 366. The van der Waals surface area contributed by atoms with E-state index in [4.69, 9.17) is 5.73 Å². The SMILES string of the molecule is Nc1cn(CCCC2CC2)ccc1=O. The fourth-order valence-corrected chi connectivity index (χ4v) is 1.65. The van der Waals surface area contributed by atoms with Crippen molar-refractivity contribution >= 4 is 5.69 Å². The Balaban J connectivity index is 1.88. The number of hydrogen-bond donors (Lipinski definition) is 1. The van der Waals surface area contributed by atoms with Gasteiger partial charge in [-0.25, -0.2) is 0 Å². The third-order valence-electron chi connectivity index (χ3n) is 2.73. The maximum Gasteiger partial charge on any atom is 0.204 e. The van der Waals surface area contributed by atoms with Gasteiger partial charge in [0.1, 0.15) is 0 Å². The van der Waals surface area contributed by atoms with E-state index in [-0.39, 0.29) is 5.43 Å². The molecule has 0 aromatic carbocycles. The summed E-state index contributed by atoms with van der Waals surface area (Å²) in [7, 11) is 0. The van der Waals surface area contributed by atoms with Gasteiger partial charge in [0.15, 0.2) is 0 Å². The Kier molecular flexibility index (Phi) is 2.57. The van der Waals surface area contributed by atoms with Crippen LogP contribution in [0.2, 0.25) is 0 Å². The van der Waals surface area contributed by atoms with Crippen LogP contribution in [-0.2, 0) is 6.54 Å². The van der Waals surface area contributed by atoms with Gasteiger partial charge in [-0.2, -0.15) is 0 Å². The highest BCUT2D eigenvalue weighted by Crippen LogP contribution is 2.33. The molecule has 0 saturated heterocycles. The van der Waals surface area contributed by atoms with E-state index in [1.165, 1.54) is 31.7 Å². The van der Waals surface area contributed by atoms with Crippen LogP contribution in [0.3, 0.4) is 0 Å². The molecule has 0 bridgehead atoms. The Morgan fingerprint density at radius 1 is 1.50 bits per heavy atom. The van der Waals surface area contributed by atoms with E-state index < -0.39 is 0 Å². The number of anilines is 1. The van der Waals surface area contributed by atoms with Crippen LogP contribution in [-0.4, -0.2) is 4.57 Å². The van der Waals surface area contributed by atoms with Gasteiger partial charge in [-0.3, -0.25) is 4.79 Å². The molecular weight excluding hydrogens is 176 g/mol. The van der Waals surface area contributed by atoms with Gasteiger partial charge in [0.25, 0.3) is 0 Å². The van der Waals surface area contributed by atoms with E-state index in [0.29, 0.717) is 5.69 Å². The zero-order valence-electron chi connectivity index (χ0n) is 8.28. The minimum absolute atomic E-state index is 0.0801. The van der Waals surface area contributed by atoms with Crippen LogP contribution in [0.25, 0.3) is 0 Å². The first-order chi connectivity index (χ1) is 6.75. The Morgan fingerprint density at radius 3 is 2.93 bits per heavy atom. The average Bonchev–Trinajstić information content (AvgIpc) is 2.95. The van der Waals surface area contributed by atoms with Crippen molar-refractivity contribution in [1.82, 2.24) is 4.57 Å². The van der Waals surface area contributed by atoms with Crippen LogP contribution < -0.4 is 11.2 Å². The molecule has 2 N–H and O–H groups in total. The van der Waals surface area contributed by atoms with Crippen molar-refractivity contribution < 1.29 is 0 Å². The highest BCUT2D eigenvalue weighted by Gasteiger charge is 2.19. The van der Waals surface area contributed by atoms with Gasteiger partial charge in [0.2, 0.25) is 5.43 Å². The normalized spacial score (nSPS) is 15.7. The van der Waals surface area contributed by atoms with E-state index in [2.05, 4.69) is 0 Å². The lowest BCUT2D eigenvalue weighted by atomic mass is 10.2. The number of rotatable bonds is 4. The van der Waals surface area contributed by atoms with Gasteiger partial charge >= 0.3 is 0 Å². The van der Waals surface area contributed by atoms with Crippen LogP contribution in [0, 0.1) is 5.92 Å². The van der Waals surface area contributed by atoms with Crippen LogP contribution >= 0.6 is 0 Å². The molecule has 1 aromatic rings. The molecule has 0 aliphatic heterocycles. The molecule has 2 rings (SSSR count). The summed E-state index contributed by atoms with van der Waals surface area (Å²) in [6.07, 6.45) is 8.86. The van der Waals surface area contributed by atoms with Crippen molar-refractivity contribution in [3.8, 4) is 0 Å². The number of nitrogens with two attached hydrogens (primary N) is 1. The lowest BCUT2D eigenvalue weighted by Gasteiger charge is -2.05. The van der Waals surface area contributed by atoms with Crippen LogP contribution in [0.4, 0.5) is 5.69 Å². The minimum Gasteiger partial charge on any atom is -0.394 e. The smallest absolute Gasteiger partial charge is 0.204 e. The molecule has 1 heterocycles. The minimum atomic E-state index is -0.0801. The summed E-state index contributed by atoms with van der Waals surface area (Å²) in [4.78, 5) is 11.0. The first-order valence-electron chi connectivity index (χ1n) is 5.21. The quantitative estimate of drug-likeness (QED) is 0.788. The maximum atomic E-state index is 11.0. The van der Waals surface area contributed by atoms with Gasteiger partial charge in [0.05, 0.1) is 5.69 Å². The van der Waals surface area contributed by atoms with Crippen molar-refractivity contribution in [3.63, 3.8) is 0 Å². The van der Waals surface area contributed by atoms with Crippen LogP contribution in [0.5, 0.6) is 0 Å². The summed E-state index contributed by atoms with van der Waals surface area (Å²) in [6.45, 7) is 0.973. The fourth-order valence-electron chi connectivity index (χ4n) is 1.65. The van der Waals surface area contributed by atoms with E-state index in [9.17, 15) is 4.79 Å². The second kappa shape index (κ2) is 3.86. The Labute approximate surface area is 83.5 Å². The highest BCUT2D eigenvalue weighted by atomic mass is 16.1. The fraction of sp³-hybridized carbons (Fsp3) is 0.545. The molecule has 14 heavy (non-hydrogen) atoms. The monoisotopic (exact) mass is 192 g/mol. The molecule has 3 heteroatoms. The van der Waals surface area contributed by atoms with Gasteiger partial charge in [-0.15, -0.1) is 0 Å². The van der Waals surface area contributed by atoms with E-state index >= 15 is 0 Å². The molecule has 3 nitrogen and oxygen atoms in total. The van der Waals surface area contributed by atoms with E-state index in [0.717, 1.165) is 12.5 Å². The van der Waals surface area contributed by atoms with Crippen molar-refractivity contribution in [2.45, 2.75) is 32.2 Å². The lowest BCUT2D eigenvalue weighted by molar-refractivity contribution is 0.575. The second-order valence-electron chi connectivity index (χ2n) is 4.09. The molecule has 0 unspecified atom stereocenters. The molecule has 0 atom stereocenters. The number of aryl methyl sites for hydroxylation is 1. The molecule has 0 radical (unpaired) electrons. The molecule has 0 amide bonds. The van der Waals surface area contributed by atoms with Crippen molar-refractivity contribution in [3.05, 3.63) is 28.7 Å². The third kappa shape index (κ3) is 2.37. The van der Waals surface area contributed by atoms with Gasteiger partial charge in [-0.05, 0) is 18.8 Å². The Hall–Kier alpha value is -1.25. The molecule has 1 saturated carbocycles. The molecule has 1 fully saturated rings. The third-order valence-corrected chi connectivity index (χ3v) is 2.73. The number of hydrogen-bond acceptors (Lipinski definition) is 2. The maximum absolute atomic E-state index is 11.0. The van der Waals surface area contributed by atoms with Crippen molar-refractivity contribution in [2.24, 2.45) is 5.92 Å². The predicted octanol–water partition coefficient (Wildman–Crippen LogP) is 1.62. The number of nitrogens with zero attached hydrogens (tertiary/aromatic N) is 1. The molecule has 76 valence electrons. The topological polar surface area (TPSA) is 48.0 Å². The number of aromatic nitrogens is 1. The standard InChI is InChI=1S/C11H16N2O/c12-10-8-13(7-5-11(10)14)6-1-2-9-3-4-9/h5,7-9H,1-4,6,12H2. The van der Waals surface area contributed by atoms with Crippen molar-refractivity contribution in [1.29, 1.82) is 0 Å². The molecule has 1 aliphatic rings. The summed E-state index contributed by atoms with van der Waals surface area (Å²) in [5.74, 6) is 0.978. The zero-order valence-corrected chi connectivity index (χ0v) is 8.28. The first-order valence-corrected chi connectivity index (χ1v) is 5.21. The van der Waals surface area contributed by atoms with E-state index in [1.54, 1.807) is 6.20 Å². The predicted molar refractivity (Wildman–Crippen MR) is 57.1 cm³/mol. The largest absolute Gasteiger partial charge is 0.394 e. The first kappa shape index (κ1) is 9.31. The van der Waals surface area contributed by atoms with Gasteiger partial charge < -0.3 is 10.3 Å². The summed E-state index contributed by atoms with van der Waals surface area (Å²) in [6, 6.07) is 1.53. The molecule has 1 aliphatic carbocycles. The van der Waals surface area contributed by atoms with Gasteiger partial charge in [-0.1, -0.05) is 12.8 Å². The summed E-state index contributed by atoms with van der Waals surface area (Å²) >= 11 is 0. The van der Waals surface area contributed by atoms with E-state index in [1.807, 2.05) is 10.8 Å². The van der Waals surface area contributed by atoms with Crippen LogP contribution in [0.1, 0.15) is 25.7 Å². The summed E-state index contributed by atoms with van der Waals surface area (Å²) < 4.78 is 2.00.